The Morgan fingerprint density at radius 2 is 2.15 bits per heavy atom. The van der Waals surface area contributed by atoms with E-state index in [1.165, 1.54) is 17.3 Å². The standard InChI is InChI=1S/C13H16N6O/c1-18(2)12-5-3-11(4-6-12)7-15-17-13(20)8-19-10-14-9-16-19/h3-7,9-10H,8H2,1-2H3,(H,17,20)/b15-7-. The van der Waals surface area contributed by atoms with E-state index in [0.29, 0.717) is 0 Å². The zero-order valence-electron chi connectivity index (χ0n) is 11.4. The third kappa shape index (κ3) is 3.91. The van der Waals surface area contributed by atoms with Crippen molar-refractivity contribution >= 4 is 17.8 Å². The van der Waals surface area contributed by atoms with Gasteiger partial charge in [-0.3, -0.25) is 4.79 Å². The Morgan fingerprint density at radius 1 is 1.40 bits per heavy atom. The zero-order valence-corrected chi connectivity index (χ0v) is 11.4. The van der Waals surface area contributed by atoms with Crippen molar-refractivity contribution in [1.82, 2.24) is 20.2 Å². The van der Waals surface area contributed by atoms with Crippen molar-refractivity contribution in [3.63, 3.8) is 0 Å². The Hall–Kier alpha value is -2.70. The van der Waals surface area contributed by atoms with Gasteiger partial charge in [0, 0.05) is 19.8 Å². The van der Waals surface area contributed by atoms with Gasteiger partial charge in [0.15, 0.2) is 0 Å². The predicted octanol–water partition coefficient (Wildman–Crippen LogP) is 0.494. The van der Waals surface area contributed by atoms with Crippen molar-refractivity contribution in [2.24, 2.45) is 5.10 Å². The molecule has 1 aromatic heterocycles. The Morgan fingerprint density at radius 3 is 2.75 bits per heavy atom. The van der Waals surface area contributed by atoms with E-state index in [-0.39, 0.29) is 12.5 Å². The van der Waals surface area contributed by atoms with Gasteiger partial charge >= 0.3 is 0 Å². The Kier molecular flexibility index (Phi) is 4.43. The number of carbonyl (C=O) groups is 1. The lowest BCUT2D eigenvalue weighted by molar-refractivity contribution is -0.121. The third-order valence-electron chi connectivity index (χ3n) is 2.58. The van der Waals surface area contributed by atoms with E-state index in [0.717, 1.165) is 11.3 Å². The van der Waals surface area contributed by atoms with Gasteiger partial charge in [-0.15, -0.1) is 0 Å². The summed E-state index contributed by atoms with van der Waals surface area (Å²) < 4.78 is 1.43. The van der Waals surface area contributed by atoms with Crippen LogP contribution in [0, 0.1) is 0 Å². The fraction of sp³-hybridized carbons (Fsp3) is 0.231. The lowest BCUT2D eigenvalue weighted by atomic mass is 10.2. The highest BCUT2D eigenvalue weighted by Gasteiger charge is 2.00. The van der Waals surface area contributed by atoms with E-state index < -0.39 is 0 Å². The van der Waals surface area contributed by atoms with E-state index in [9.17, 15) is 4.79 Å². The van der Waals surface area contributed by atoms with Crippen molar-refractivity contribution < 1.29 is 4.79 Å². The molecule has 0 spiro atoms. The molecule has 0 unspecified atom stereocenters. The number of amides is 1. The molecule has 1 amide bonds. The second-order valence-electron chi connectivity index (χ2n) is 4.37. The SMILES string of the molecule is CN(C)c1ccc(/C=N\NC(=O)Cn2cncn2)cc1. The highest BCUT2D eigenvalue weighted by atomic mass is 16.2. The molecule has 1 aromatic carbocycles. The molecule has 0 bridgehead atoms. The summed E-state index contributed by atoms with van der Waals surface area (Å²) in [5.74, 6) is -0.253. The maximum Gasteiger partial charge on any atom is 0.261 e. The van der Waals surface area contributed by atoms with Crippen LogP contribution in [-0.4, -0.2) is 41.0 Å². The van der Waals surface area contributed by atoms with Crippen LogP contribution in [0.25, 0.3) is 0 Å². The second kappa shape index (κ2) is 6.46. The lowest BCUT2D eigenvalue weighted by Gasteiger charge is -2.11. The van der Waals surface area contributed by atoms with Gasteiger partial charge in [-0.25, -0.2) is 15.1 Å². The van der Waals surface area contributed by atoms with Crippen LogP contribution in [0.4, 0.5) is 5.69 Å². The highest BCUT2D eigenvalue weighted by molar-refractivity contribution is 5.82. The molecular weight excluding hydrogens is 256 g/mol. The molecule has 104 valence electrons. The number of rotatable bonds is 5. The molecule has 20 heavy (non-hydrogen) atoms. The first-order valence-electron chi connectivity index (χ1n) is 6.07. The minimum absolute atomic E-state index is 0.0942. The smallest absolute Gasteiger partial charge is 0.261 e. The molecule has 7 nitrogen and oxygen atoms in total. The molecule has 2 aromatic rings. The van der Waals surface area contributed by atoms with Gasteiger partial charge in [-0.2, -0.15) is 10.2 Å². The average Bonchev–Trinajstić information content (AvgIpc) is 2.92. The zero-order chi connectivity index (χ0) is 14.4. The molecule has 0 fully saturated rings. The number of carbonyl (C=O) groups excluding carboxylic acids is 1. The minimum atomic E-state index is -0.253. The molecule has 0 radical (unpaired) electrons. The van der Waals surface area contributed by atoms with Crippen LogP contribution in [-0.2, 0) is 11.3 Å². The van der Waals surface area contributed by atoms with Crippen LogP contribution in [0.3, 0.4) is 0 Å². The Balaban J connectivity index is 1.85. The van der Waals surface area contributed by atoms with E-state index in [1.807, 2.05) is 43.3 Å². The molecule has 0 aliphatic rings. The van der Waals surface area contributed by atoms with Gasteiger partial charge in [-0.1, -0.05) is 12.1 Å². The number of aromatic nitrogens is 3. The minimum Gasteiger partial charge on any atom is -0.378 e. The quantitative estimate of drug-likeness (QED) is 0.635. The molecule has 7 heteroatoms. The molecule has 0 atom stereocenters. The number of nitrogens with zero attached hydrogens (tertiary/aromatic N) is 5. The van der Waals surface area contributed by atoms with Crippen molar-refractivity contribution in [1.29, 1.82) is 0 Å². The summed E-state index contributed by atoms with van der Waals surface area (Å²) in [6.45, 7) is 0.0942. The fourth-order valence-electron chi connectivity index (χ4n) is 1.53. The monoisotopic (exact) mass is 272 g/mol. The topological polar surface area (TPSA) is 75.4 Å². The van der Waals surface area contributed by atoms with Crippen LogP contribution in [0.2, 0.25) is 0 Å². The number of hydrazone groups is 1. The van der Waals surface area contributed by atoms with Crippen LogP contribution in [0.15, 0.2) is 42.0 Å². The van der Waals surface area contributed by atoms with Gasteiger partial charge in [0.25, 0.3) is 5.91 Å². The number of hydrogen-bond donors (Lipinski definition) is 1. The van der Waals surface area contributed by atoms with Crippen molar-refractivity contribution in [3.05, 3.63) is 42.5 Å². The van der Waals surface area contributed by atoms with E-state index >= 15 is 0 Å². The summed E-state index contributed by atoms with van der Waals surface area (Å²) in [5.41, 5.74) is 4.46. The van der Waals surface area contributed by atoms with E-state index in [4.69, 9.17) is 0 Å². The molecule has 1 heterocycles. The normalized spacial score (nSPS) is 10.7. The summed E-state index contributed by atoms with van der Waals surface area (Å²) >= 11 is 0. The molecule has 0 saturated carbocycles. The summed E-state index contributed by atoms with van der Waals surface area (Å²) in [4.78, 5) is 17.3. The number of nitrogens with one attached hydrogen (secondary N) is 1. The average molecular weight is 272 g/mol. The fourth-order valence-corrected chi connectivity index (χ4v) is 1.53. The first-order chi connectivity index (χ1) is 9.65. The van der Waals surface area contributed by atoms with Gasteiger partial charge < -0.3 is 4.90 Å². The number of anilines is 1. The van der Waals surface area contributed by atoms with Gasteiger partial charge in [0.2, 0.25) is 0 Å². The van der Waals surface area contributed by atoms with Crippen LogP contribution in [0.5, 0.6) is 0 Å². The molecule has 0 aliphatic heterocycles. The molecule has 0 saturated heterocycles. The van der Waals surface area contributed by atoms with Crippen LogP contribution < -0.4 is 10.3 Å². The van der Waals surface area contributed by atoms with Crippen molar-refractivity contribution in [2.45, 2.75) is 6.54 Å². The Bertz CT molecular complexity index is 573. The molecule has 2 rings (SSSR count). The van der Waals surface area contributed by atoms with Crippen molar-refractivity contribution in [3.8, 4) is 0 Å². The van der Waals surface area contributed by atoms with Crippen LogP contribution >= 0.6 is 0 Å². The lowest BCUT2D eigenvalue weighted by Crippen LogP contribution is -2.23. The predicted molar refractivity (Wildman–Crippen MR) is 76.5 cm³/mol. The number of hydrogen-bond acceptors (Lipinski definition) is 5. The first kappa shape index (κ1) is 13.7. The summed E-state index contributed by atoms with van der Waals surface area (Å²) in [7, 11) is 3.96. The maximum atomic E-state index is 11.5. The van der Waals surface area contributed by atoms with Crippen LogP contribution in [0.1, 0.15) is 5.56 Å². The first-order valence-corrected chi connectivity index (χ1v) is 6.07. The maximum absolute atomic E-state index is 11.5. The molecule has 1 N–H and O–H groups in total. The summed E-state index contributed by atoms with van der Waals surface area (Å²) in [6, 6.07) is 7.84. The van der Waals surface area contributed by atoms with E-state index in [2.05, 4.69) is 20.6 Å². The molecular formula is C13H16N6O. The number of benzene rings is 1. The van der Waals surface area contributed by atoms with Crippen molar-refractivity contribution in [2.75, 3.05) is 19.0 Å². The highest BCUT2D eigenvalue weighted by Crippen LogP contribution is 2.10. The van der Waals surface area contributed by atoms with Gasteiger partial charge in [0.1, 0.15) is 19.2 Å². The van der Waals surface area contributed by atoms with E-state index in [1.54, 1.807) is 6.21 Å². The second-order valence-corrected chi connectivity index (χ2v) is 4.37. The molecule has 0 aliphatic carbocycles. The van der Waals surface area contributed by atoms with Gasteiger partial charge in [0.05, 0.1) is 6.21 Å². The third-order valence-corrected chi connectivity index (χ3v) is 2.58. The summed E-state index contributed by atoms with van der Waals surface area (Å²) in [6.07, 6.45) is 4.45. The van der Waals surface area contributed by atoms with Gasteiger partial charge in [-0.05, 0) is 17.7 Å². The Labute approximate surface area is 116 Å². The summed E-state index contributed by atoms with van der Waals surface area (Å²) in [5, 5.41) is 7.73. The largest absolute Gasteiger partial charge is 0.378 e.